The van der Waals surface area contributed by atoms with Crippen LogP contribution in [0, 0.1) is 0 Å². The van der Waals surface area contributed by atoms with Crippen molar-refractivity contribution in [3.8, 4) is 0 Å². The molecular formula is C8H13NO. The second kappa shape index (κ2) is 3.88. The monoisotopic (exact) mass is 139 g/mol. The molecule has 2 N–H and O–H groups in total. The molecule has 0 radical (unpaired) electrons. The molecule has 0 fully saturated rings. The van der Waals surface area contributed by atoms with Gasteiger partial charge in [0.2, 0.25) is 0 Å². The first-order valence-corrected chi connectivity index (χ1v) is 3.15. The summed E-state index contributed by atoms with van der Waals surface area (Å²) in [5.41, 5.74) is 6.66. The van der Waals surface area contributed by atoms with Gasteiger partial charge in [0.15, 0.2) is 5.78 Å². The molecule has 2 heteroatoms. The fourth-order valence-corrected chi connectivity index (χ4v) is 0.428. The molecule has 0 aromatic rings. The fraction of sp³-hybridized carbons (Fsp3) is 0.375. The Bertz CT molecular complexity index is 180. The van der Waals surface area contributed by atoms with E-state index in [-0.39, 0.29) is 5.78 Å². The van der Waals surface area contributed by atoms with Crippen LogP contribution in [0.4, 0.5) is 0 Å². The molecule has 0 heterocycles. The molecule has 0 aliphatic rings. The van der Waals surface area contributed by atoms with Crippen molar-refractivity contribution in [1.82, 2.24) is 0 Å². The number of allylic oxidation sites excluding steroid dienone is 3. The van der Waals surface area contributed by atoms with Gasteiger partial charge in [-0.15, -0.1) is 0 Å². The van der Waals surface area contributed by atoms with E-state index in [0.29, 0.717) is 12.1 Å². The molecular weight excluding hydrogens is 126 g/mol. The number of rotatable bonds is 3. The highest BCUT2D eigenvalue weighted by molar-refractivity contribution is 5.92. The van der Waals surface area contributed by atoms with Gasteiger partial charge in [-0.2, -0.15) is 0 Å². The summed E-state index contributed by atoms with van der Waals surface area (Å²) in [5, 5.41) is 0. The lowest BCUT2D eigenvalue weighted by Gasteiger charge is -1.93. The van der Waals surface area contributed by atoms with Crippen molar-refractivity contribution >= 4 is 5.78 Å². The molecule has 0 aromatic carbocycles. The normalized spacial score (nSPS) is 11.2. The second-order valence-corrected chi connectivity index (χ2v) is 2.38. The summed E-state index contributed by atoms with van der Waals surface area (Å²) in [6.07, 6.45) is 2.37. The molecule has 56 valence electrons. The molecule has 2 nitrogen and oxygen atoms in total. The topological polar surface area (TPSA) is 43.1 Å². The molecule has 0 aliphatic heterocycles. The Kier molecular flexibility index (Phi) is 3.47. The Morgan fingerprint density at radius 1 is 1.60 bits per heavy atom. The molecule has 0 amide bonds. The summed E-state index contributed by atoms with van der Waals surface area (Å²) in [5.74, 6) is -0.0822. The zero-order valence-electron chi connectivity index (χ0n) is 6.48. The van der Waals surface area contributed by atoms with Crippen molar-refractivity contribution in [1.29, 1.82) is 0 Å². The maximum atomic E-state index is 10.5. The van der Waals surface area contributed by atoms with Gasteiger partial charge < -0.3 is 5.73 Å². The van der Waals surface area contributed by atoms with Crippen molar-refractivity contribution in [2.24, 2.45) is 5.73 Å². The SMILES string of the molecule is C=C(C)C/C=C(/N)C(C)=O. The quantitative estimate of drug-likeness (QED) is 0.474. The smallest absolute Gasteiger partial charge is 0.175 e. The number of hydrogen-bond acceptors (Lipinski definition) is 2. The Hall–Kier alpha value is -1.05. The molecule has 10 heavy (non-hydrogen) atoms. The van der Waals surface area contributed by atoms with Crippen molar-refractivity contribution in [3.63, 3.8) is 0 Å². The van der Waals surface area contributed by atoms with E-state index in [4.69, 9.17) is 5.73 Å². The van der Waals surface area contributed by atoms with Gasteiger partial charge in [-0.1, -0.05) is 18.2 Å². The van der Waals surface area contributed by atoms with Crippen LogP contribution in [0.3, 0.4) is 0 Å². The number of nitrogens with two attached hydrogens (primary N) is 1. The number of carbonyl (C=O) groups is 1. The summed E-state index contributed by atoms with van der Waals surface area (Å²) in [6, 6.07) is 0. The molecule has 0 aliphatic carbocycles. The lowest BCUT2D eigenvalue weighted by molar-refractivity contribution is -0.113. The van der Waals surface area contributed by atoms with E-state index in [1.165, 1.54) is 6.92 Å². The van der Waals surface area contributed by atoms with Crippen LogP contribution in [0.5, 0.6) is 0 Å². The molecule has 0 saturated heterocycles. The zero-order chi connectivity index (χ0) is 8.15. The van der Waals surface area contributed by atoms with Gasteiger partial charge in [0.25, 0.3) is 0 Å². The fourth-order valence-electron chi connectivity index (χ4n) is 0.428. The van der Waals surface area contributed by atoms with Gasteiger partial charge in [0, 0.05) is 6.92 Å². The number of carbonyl (C=O) groups excluding carboxylic acids is 1. The maximum absolute atomic E-state index is 10.5. The third-order valence-corrected chi connectivity index (χ3v) is 1.08. The molecule has 0 atom stereocenters. The third-order valence-electron chi connectivity index (χ3n) is 1.08. The Balaban J connectivity index is 3.92. The van der Waals surface area contributed by atoms with Gasteiger partial charge in [0.05, 0.1) is 5.70 Å². The summed E-state index contributed by atoms with van der Waals surface area (Å²) in [4.78, 5) is 10.5. The molecule has 0 aromatic heterocycles. The lowest BCUT2D eigenvalue weighted by atomic mass is 10.2. The Morgan fingerprint density at radius 3 is 2.40 bits per heavy atom. The standard InChI is InChI=1S/C8H13NO/c1-6(2)4-5-8(9)7(3)10/h5H,1,4,9H2,2-3H3/b8-5+. The summed E-state index contributed by atoms with van der Waals surface area (Å²) >= 11 is 0. The number of ketones is 1. The van der Waals surface area contributed by atoms with Crippen molar-refractivity contribution in [3.05, 3.63) is 23.9 Å². The van der Waals surface area contributed by atoms with Gasteiger partial charge in [0.1, 0.15) is 0 Å². The van der Waals surface area contributed by atoms with Crippen molar-refractivity contribution in [2.45, 2.75) is 20.3 Å². The highest BCUT2D eigenvalue weighted by Gasteiger charge is 1.94. The van der Waals surface area contributed by atoms with Crippen LogP contribution in [0.2, 0.25) is 0 Å². The van der Waals surface area contributed by atoms with Gasteiger partial charge >= 0.3 is 0 Å². The molecule has 0 unspecified atom stereocenters. The first-order valence-electron chi connectivity index (χ1n) is 3.15. The van der Waals surface area contributed by atoms with E-state index < -0.39 is 0 Å². The largest absolute Gasteiger partial charge is 0.396 e. The minimum Gasteiger partial charge on any atom is -0.396 e. The molecule has 0 saturated carbocycles. The Labute approximate surface area is 61.4 Å². The summed E-state index contributed by atoms with van der Waals surface area (Å²) in [7, 11) is 0. The first-order chi connectivity index (χ1) is 4.54. The van der Waals surface area contributed by atoms with E-state index in [1.54, 1.807) is 6.08 Å². The van der Waals surface area contributed by atoms with E-state index in [1.807, 2.05) is 6.92 Å². The second-order valence-electron chi connectivity index (χ2n) is 2.38. The van der Waals surface area contributed by atoms with Crippen LogP contribution in [0.25, 0.3) is 0 Å². The van der Waals surface area contributed by atoms with Crippen LogP contribution in [0.1, 0.15) is 20.3 Å². The summed E-state index contributed by atoms with van der Waals surface area (Å²) < 4.78 is 0. The average molecular weight is 139 g/mol. The van der Waals surface area contributed by atoms with Crippen molar-refractivity contribution in [2.75, 3.05) is 0 Å². The third kappa shape index (κ3) is 3.89. The van der Waals surface area contributed by atoms with Crippen LogP contribution in [-0.4, -0.2) is 5.78 Å². The van der Waals surface area contributed by atoms with E-state index in [0.717, 1.165) is 5.57 Å². The zero-order valence-corrected chi connectivity index (χ0v) is 6.48. The predicted molar refractivity (Wildman–Crippen MR) is 42.4 cm³/mol. The average Bonchev–Trinajstić information content (AvgIpc) is 1.82. The van der Waals surface area contributed by atoms with Crippen LogP contribution < -0.4 is 5.73 Å². The highest BCUT2D eigenvalue weighted by atomic mass is 16.1. The highest BCUT2D eigenvalue weighted by Crippen LogP contribution is 1.98. The molecule has 0 rings (SSSR count). The Morgan fingerprint density at radius 2 is 2.10 bits per heavy atom. The van der Waals surface area contributed by atoms with E-state index in [9.17, 15) is 4.79 Å². The maximum Gasteiger partial charge on any atom is 0.175 e. The van der Waals surface area contributed by atoms with Gasteiger partial charge in [-0.3, -0.25) is 4.79 Å². The van der Waals surface area contributed by atoms with E-state index in [2.05, 4.69) is 6.58 Å². The predicted octanol–water partition coefficient (Wildman–Crippen LogP) is 1.38. The number of hydrogen-bond donors (Lipinski definition) is 1. The molecule has 0 bridgehead atoms. The van der Waals surface area contributed by atoms with Crippen LogP contribution >= 0.6 is 0 Å². The van der Waals surface area contributed by atoms with Crippen LogP contribution in [-0.2, 0) is 4.79 Å². The van der Waals surface area contributed by atoms with Crippen LogP contribution in [0.15, 0.2) is 23.9 Å². The van der Waals surface area contributed by atoms with Gasteiger partial charge in [-0.05, 0) is 13.3 Å². The minimum atomic E-state index is -0.0822. The summed E-state index contributed by atoms with van der Waals surface area (Å²) in [6.45, 7) is 7.02. The van der Waals surface area contributed by atoms with Gasteiger partial charge in [-0.25, -0.2) is 0 Å². The lowest BCUT2D eigenvalue weighted by Crippen LogP contribution is -2.06. The number of Topliss-reactive ketones (excluding diaryl/α,β-unsaturated/α-hetero) is 1. The van der Waals surface area contributed by atoms with Crippen molar-refractivity contribution < 1.29 is 4.79 Å². The van der Waals surface area contributed by atoms with E-state index >= 15 is 0 Å². The first kappa shape index (κ1) is 8.95. The molecule has 0 spiro atoms. The minimum absolute atomic E-state index is 0.0822.